The molecule has 2 saturated heterocycles. The van der Waals surface area contributed by atoms with Crippen LogP contribution in [-0.2, 0) is 9.59 Å². The molecule has 3 heterocycles. The summed E-state index contributed by atoms with van der Waals surface area (Å²) in [6.07, 6.45) is 0.719. The first kappa shape index (κ1) is 22.1. The van der Waals surface area contributed by atoms with Crippen LogP contribution in [0.15, 0.2) is 59.8 Å². The topological polar surface area (TPSA) is 109 Å². The summed E-state index contributed by atoms with van der Waals surface area (Å²) in [5.41, 5.74) is 0.141. The Morgan fingerprint density at radius 2 is 1.74 bits per heavy atom. The van der Waals surface area contributed by atoms with Crippen molar-refractivity contribution in [1.29, 1.82) is 0 Å². The molecule has 174 valence electrons. The second-order valence-electron chi connectivity index (χ2n) is 8.12. The summed E-state index contributed by atoms with van der Waals surface area (Å²) in [5.74, 6) is -0.407. The lowest BCUT2D eigenvalue weighted by Crippen LogP contribution is -2.56. The average Bonchev–Trinajstić information content (AvgIpc) is 3.38. The number of thioether (sulfide) groups is 1. The predicted octanol–water partition coefficient (Wildman–Crippen LogP) is 2.37. The second kappa shape index (κ2) is 8.90. The van der Waals surface area contributed by atoms with Crippen LogP contribution in [-0.4, -0.2) is 61.9 Å². The van der Waals surface area contributed by atoms with Crippen molar-refractivity contribution in [3.63, 3.8) is 0 Å². The number of hydrogen-bond donors (Lipinski definition) is 2. The number of nitrogens with zero attached hydrogens (tertiary/aromatic N) is 4. The number of para-hydroxylation sites is 1. The fourth-order valence-corrected chi connectivity index (χ4v) is 5.08. The number of benzene rings is 2. The Labute approximate surface area is 198 Å². The van der Waals surface area contributed by atoms with Gasteiger partial charge >= 0.3 is 6.03 Å². The molecule has 0 saturated carbocycles. The Hall–Kier alpha value is -3.73. The van der Waals surface area contributed by atoms with Gasteiger partial charge in [-0.25, -0.2) is 9.18 Å². The normalized spacial score (nSPS) is 17.0. The molecular weight excluding hydrogens is 459 g/mol. The fourth-order valence-electron chi connectivity index (χ4n) is 4.23. The number of likely N-dealkylation sites (tertiary alicyclic amines) is 1. The van der Waals surface area contributed by atoms with Crippen molar-refractivity contribution in [2.45, 2.75) is 23.5 Å². The fraction of sp³-hybridized carbons (Fsp3) is 0.261. The summed E-state index contributed by atoms with van der Waals surface area (Å²) in [6, 6.07) is 15.2. The minimum absolute atomic E-state index is 0.105. The number of halogens is 1. The van der Waals surface area contributed by atoms with Crippen LogP contribution < -0.4 is 10.6 Å². The van der Waals surface area contributed by atoms with E-state index in [9.17, 15) is 18.8 Å². The van der Waals surface area contributed by atoms with Gasteiger partial charge in [0.05, 0.1) is 11.3 Å². The molecule has 0 unspecified atom stereocenters. The summed E-state index contributed by atoms with van der Waals surface area (Å²) in [5, 5.41) is 13.9. The SMILES string of the molecule is O=C1NC(=O)C2(CCN(C(=O)CSc3nnc(-c4ccccc4F)n3-c3ccccc3)CC2)N1. The van der Waals surface area contributed by atoms with E-state index in [1.165, 1.54) is 17.8 Å². The van der Waals surface area contributed by atoms with E-state index in [4.69, 9.17) is 0 Å². The van der Waals surface area contributed by atoms with Crippen molar-refractivity contribution >= 4 is 29.6 Å². The van der Waals surface area contributed by atoms with Gasteiger partial charge in [0.1, 0.15) is 11.4 Å². The molecule has 0 atom stereocenters. The molecule has 11 heteroatoms. The van der Waals surface area contributed by atoms with Crippen molar-refractivity contribution in [1.82, 2.24) is 30.3 Å². The van der Waals surface area contributed by atoms with E-state index in [0.717, 1.165) is 5.69 Å². The monoisotopic (exact) mass is 480 g/mol. The van der Waals surface area contributed by atoms with Gasteiger partial charge < -0.3 is 10.2 Å². The van der Waals surface area contributed by atoms with Crippen molar-refractivity contribution in [3.05, 3.63) is 60.4 Å². The number of amides is 4. The minimum Gasteiger partial charge on any atom is -0.342 e. The van der Waals surface area contributed by atoms with Crippen molar-refractivity contribution in [2.24, 2.45) is 0 Å². The van der Waals surface area contributed by atoms with Gasteiger partial charge in [0.25, 0.3) is 5.91 Å². The van der Waals surface area contributed by atoms with Crippen LogP contribution in [0.1, 0.15) is 12.8 Å². The summed E-state index contributed by atoms with van der Waals surface area (Å²) < 4.78 is 16.2. The molecule has 9 nitrogen and oxygen atoms in total. The van der Waals surface area contributed by atoms with Crippen LogP contribution >= 0.6 is 11.8 Å². The third-order valence-corrected chi connectivity index (χ3v) is 6.99. The zero-order valence-electron chi connectivity index (χ0n) is 18.0. The predicted molar refractivity (Wildman–Crippen MR) is 123 cm³/mol. The number of aromatic nitrogens is 3. The Morgan fingerprint density at radius 3 is 2.41 bits per heavy atom. The van der Waals surface area contributed by atoms with Gasteiger partial charge in [0.15, 0.2) is 11.0 Å². The number of rotatable bonds is 5. The standard InChI is InChI=1S/C23H21FN6O3S/c24-17-9-5-4-8-16(17)19-27-28-22(30(19)15-6-2-1-3-7-15)34-14-18(31)29-12-10-23(11-13-29)20(32)25-21(33)26-23/h1-9H,10-14H2,(H2,25,26,32,33). The molecule has 0 aliphatic carbocycles. The molecule has 2 fully saturated rings. The summed E-state index contributed by atoms with van der Waals surface area (Å²) in [7, 11) is 0. The molecule has 4 amide bonds. The molecule has 2 aliphatic rings. The molecule has 34 heavy (non-hydrogen) atoms. The first-order valence-corrected chi connectivity index (χ1v) is 11.8. The number of imide groups is 1. The van der Waals surface area contributed by atoms with E-state index in [2.05, 4.69) is 20.8 Å². The third kappa shape index (κ3) is 4.03. The van der Waals surface area contributed by atoms with Gasteiger partial charge in [-0.2, -0.15) is 0 Å². The van der Waals surface area contributed by atoms with Gasteiger partial charge in [-0.15, -0.1) is 10.2 Å². The van der Waals surface area contributed by atoms with E-state index in [0.29, 0.717) is 42.5 Å². The molecule has 5 rings (SSSR count). The van der Waals surface area contributed by atoms with Crippen LogP contribution in [0.3, 0.4) is 0 Å². The highest BCUT2D eigenvalue weighted by Crippen LogP contribution is 2.30. The molecule has 2 N–H and O–H groups in total. The van der Waals surface area contributed by atoms with E-state index in [-0.39, 0.29) is 17.6 Å². The number of nitrogens with one attached hydrogen (secondary N) is 2. The molecule has 1 spiro atoms. The number of piperidine rings is 1. The summed E-state index contributed by atoms with van der Waals surface area (Å²) >= 11 is 1.22. The van der Waals surface area contributed by atoms with Gasteiger partial charge in [0.2, 0.25) is 5.91 Å². The van der Waals surface area contributed by atoms with Gasteiger partial charge in [-0.1, -0.05) is 42.1 Å². The Bertz CT molecular complexity index is 1260. The van der Waals surface area contributed by atoms with Crippen molar-refractivity contribution in [3.8, 4) is 17.1 Å². The van der Waals surface area contributed by atoms with Crippen LogP contribution in [0.4, 0.5) is 9.18 Å². The van der Waals surface area contributed by atoms with Crippen LogP contribution in [0.5, 0.6) is 0 Å². The minimum atomic E-state index is -0.927. The molecule has 1 aromatic heterocycles. The van der Waals surface area contributed by atoms with Crippen LogP contribution in [0, 0.1) is 5.82 Å². The average molecular weight is 481 g/mol. The zero-order chi connectivity index (χ0) is 23.7. The van der Waals surface area contributed by atoms with E-state index < -0.39 is 17.4 Å². The van der Waals surface area contributed by atoms with Crippen molar-refractivity contribution in [2.75, 3.05) is 18.8 Å². The zero-order valence-corrected chi connectivity index (χ0v) is 18.8. The summed E-state index contributed by atoms with van der Waals surface area (Å²) in [6.45, 7) is 0.720. The Balaban J connectivity index is 1.32. The molecule has 0 bridgehead atoms. The number of carbonyl (C=O) groups is 3. The number of urea groups is 1. The van der Waals surface area contributed by atoms with E-state index in [1.54, 1.807) is 27.7 Å². The lowest BCUT2D eigenvalue weighted by atomic mass is 9.88. The quantitative estimate of drug-likeness (QED) is 0.429. The van der Waals surface area contributed by atoms with Gasteiger partial charge in [-0.3, -0.25) is 19.5 Å². The first-order valence-electron chi connectivity index (χ1n) is 10.8. The van der Waals surface area contributed by atoms with Crippen LogP contribution in [0.25, 0.3) is 17.1 Å². The largest absolute Gasteiger partial charge is 0.342 e. The highest BCUT2D eigenvalue weighted by Gasteiger charge is 2.48. The van der Waals surface area contributed by atoms with E-state index in [1.807, 2.05) is 30.3 Å². The second-order valence-corrected chi connectivity index (χ2v) is 9.06. The maximum Gasteiger partial charge on any atom is 0.322 e. The van der Waals surface area contributed by atoms with E-state index >= 15 is 0 Å². The maximum absolute atomic E-state index is 14.5. The van der Waals surface area contributed by atoms with Crippen molar-refractivity contribution < 1.29 is 18.8 Å². The lowest BCUT2D eigenvalue weighted by Gasteiger charge is -2.36. The summed E-state index contributed by atoms with van der Waals surface area (Å²) in [4.78, 5) is 38.2. The smallest absolute Gasteiger partial charge is 0.322 e. The Morgan fingerprint density at radius 1 is 1.03 bits per heavy atom. The lowest BCUT2D eigenvalue weighted by molar-refractivity contribution is -0.133. The maximum atomic E-state index is 14.5. The van der Waals surface area contributed by atoms with Gasteiger partial charge in [-0.05, 0) is 37.1 Å². The third-order valence-electron chi connectivity index (χ3n) is 6.07. The highest BCUT2D eigenvalue weighted by molar-refractivity contribution is 7.99. The molecule has 2 aliphatic heterocycles. The first-order chi connectivity index (χ1) is 16.5. The van der Waals surface area contributed by atoms with Gasteiger partial charge in [0, 0.05) is 18.8 Å². The highest BCUT2D eigenvalue weighted by atomic mass is 32.2. The Kier molecular flexibility index (Phi) is 5.78. The molecular formula is C23H21FN6O3S. The molecule has 3 aromatic rings. The molecule has 2 aromatic carbocycles. The molecule has 0 radical (unpaired) electrons. The number of carbonyl (C=O) groups excluding carboxylic acids is 3. The van der Waals surface area contributed by atoms with Crippen LogP contribution in [0.2, 0.25) is 0 Å². The number of hydrogen-bond acceptors (Lipinski definition) is 6.